The van der Waals surface area contributed by atoms with Crippen LogP contribution in [0.5, 0.6) is 11.5 Å². The number of aliphatic imine (C=N–C) groups is 1. The molecule has 0 saturated heterocycles. The van der Waals surface area contributed by atoms with Gasteiger partial charge in [-0.2, -0.15) is 0 Å². The molecular formula is C17H18N2O4S. The summed E-state index contributed by atoms with van der Waals surface area (Å²) in [5.74, 6) is 0.856. The van der Waals surface area contributed by atoms with E-state index in [-0.39, 0.29) is 12.0 Å². The van der Waals surface area contributed by atoms with E-state index >= 15 is 0 Å². The number of hydrogen-bond donors (Lipinski definition) is 0. The lowest BCUT2D eigenvalue weighted by Gasteiger charge is -2.33. The Morgan fingerprint density at radius 2 is 1.96 bits per heavy atom. The van der Waals surface area contributed by atoms with Crippen molar-refractivity contribution in [3.05, 3.63) is 46.6 Å². The lowest BCUT2D eigenvalue weighted by atomic mass is 9.94. The van der Waals surface area contributed by atoms with Crippen LogP contribution in [0.4, 0.5) is 0 Å². The zero-order valence-corrected chi connectivity index (χ0v) is 14.7. The fraction of sp³-hybridized carbons (Fsp3) is 0.294. The Morgan fingerprint density at radius 1 is 1.21 bits per heavy atom. The molecule has 6 nitrogen and oxygen atoms in total. The van der Waals surface area contributed by atoms with Crippen LogP contribution in [0.25, 0.3) is 0 Å². The highest BCUT2D eigenvalue weighted by atomic mass is 32.2. The molecule has 24 heavy (non-hydrogen) atoms. The predicted octanol–water partition coefficient (Wildman–Crippen LogP) is 3.08. The summed E-state index contributed by atoms with van der Waals surface area (Å²) in [6.07, 6.45) is 1.92. The van der Waals surface area contributed by atoms with Gasteiger partial charge in [0.05, 0.1) is 38.6 Å². The zero-order chi connectivity index (χ0) is 17.3. The highest BCUT2D eigenvalue weighted by Crippen LogP contribution is 2.42. The van der Waals surface area contributed by atoms with Crippen molar-refractivity contribution in [2.75, 3.05) is 21.3 Å². The maximum absolute atomic E-state index is 12.4. The lowest BCUT2D eigenvalue weighted by Crippen LogP contribution is -2.33. The Labute approximate surface area is 144 Å². The van der Waals surface area contributed by atoms with Crippen LogP contribution < -0.4 is 9.47 Å². The van der Waals surface area contributed by atoms with Crippen molar-refractivity contribution >= 4 is 22.9 Å². The monoisotopic (exact) mass is 346 g/mol. The number of ether oxygens (including phenoxy) is 3. The molecular weight excluding hydrogens is 328 g/mol. The van der Waals surface area contributed by atoms with Crippen LogP contribution >= 0.6 is 11.8 Å². The zero-order valence-electron chi connectivity index (χ0n) is 13.9. The van der Waals surface area contributed by atoms with Gasteiger partial charge in [-0.05, 0) is 30.0 Å². The van der Waals surface area contributed by atoms with Crippen molar-refractivity contribution in [2.45, 2.75) is 13.0 Å². The van der Waals surface area contributed by atoms with Gasteiger partial charge in [0.2, 0.25) is 0 Å². The molecule has 0 saturated carbocycles. The molecule has 0 bridgehead atoms. The maximum Gasteiger partial charge on any atom is 0.338 e. The molecule has 0 aliphatic carbocycles. The van der Waals surface area contributed by atoms with Gasteiger partial charge < -0.3 is 19.1 Å². The molecule has 0 amide bonds. The highest BCUT2D eigenvalue weighted by Gasteiger charge is 2.37. The number of allylic oxidation sites excluding steroid dienone is 1. The smallest absolute Gasteiger partial charge is 0.338 e. The number of carbonyl (C=O) groups excluding carboxylic acids is 1. The van der Waals surface area contributed by atoms with Crippen LogP contribution in [0.2, 0.25) is 0 Å². The highest BCUT2D eigenvalue weighted by molar-refractivity contribution is 8.16. The molecule has 7 heteroatoms. The second-order valence-electron chi connectivity index (χ2n) is 5.21. The van der Waals surface area contributed by atoms with Crippen LogP contribution in [0.15, 0.2) is 46.1 Å². The molecule has 126 valence electrons. The average molecular weight is 346 g/mol. The van der Waals surface area contributed by atoms with E-state index in [1.54, 1.807) is 14.2 Å². The van der Waals surface area contributed by atoms with E-state index in [4.69, 9.17) is 14.2 Å². The van der Waals surface area contributed by atoms with E-state index in [0.717, 1.165) is 10.7 Å². The van der Waals surface area contributed by atoms with Gasteiger partial charge in [0.1, 0.15) is 0 Å². The largest absolute Gasteiger partial charge is 0.493 e. The van der Waals surface area contributed by atoms with E-state index in [0.29, 0.717) is 22.8 Å². The number of hydrogen-bond acceptors (Lipinski definition) is 7. The van der Waals surface area contributed by atoms with Gasteiger partial charge in [-0.1, -0.05) is 17.8 Å². The molecule has 0 fully saturated rings. The Morgan fingerprint density at radius 3 is 2.62 bits per heavy atom. The Kier molecular flexibility index (Phi) is 4.53. The number of thioether (sulfide) groups is 1. The van der Waals surface area contributed by atoms with Gasteiger partial charge in [0.25, 0.3) is 0 Å². The van der Waals surface area contributed by atoms with Crippen molar-refractivity contribution in [3.8, 4) is 11.5 Å². The molecule has 0 radical (unpaired) electrons. The van der Waals surface area contributed by atoms with E-state index in [1.807, 2.05) is 41.6 Å². The third-order valence-corrected chi connectivity index (χ3v) is 4.72. The van der Waals surface area contributed by atoms with Crippen molar-refractivity contribution in [3.63, 3.8) is 0 Å². The summed E-state index contributed by atoms with van der Waals surface area (Å²) in [5, 5.41) is 2.78. The van der Waals surface area contributed by atoms with E-state index in [9.17, 15) is 4.79 Å². The molecule has 2 heterocycles. The molecule has 1 aromatic rings. The van der Waals surface area contributed by atoms with Gasteiger partial charge in [-0.3, -0.25) is 0 Å². The van der Waals surface area contributed by atoms with E-state index in [1.165, 1.54) is 18.9 Å². The molecule has 3 rings (SSSR count). The minimum absolute atomic E-state index is 0.323. The van der Waals surface area contributed by atoms with Gasteiger partial charge in [0, 0.05) is 6.20 Å². The van der Waals surface area contributed by atoms with E-state index in [2.05, 4.69) is 4.99 Å². The molecule has 0 spiro atoms. The summed E-state index contributed by atoms with van der Waals surface area (Å²) in [6, 6.07) is 5.30. The van der Waals surface area contributed by atoms with Gasteiger partial charge >= 0.3 is 5.97 Å². The van der Waals surface area contributed by atoms with Crippen LogP contribution in [0.3, 0.4) is 0 Å². The number of rotatable bonds is 4. The van der Waals surface area contributed by atoms with Crippen LogP contribution in [-0.4, -0.2) is 37.4 Å². The molecule has 1 atom stereocenters. The summed E-state index contributed by atoms with van der Waals surface area (Å²) in [7, 11) is 4.55. The summed E-state index contributed by atoms with van der Waals surface area (Å²) in [4.78, 5) is 18.8. The van der Waals surface area contributed by atoms with Crippen LogP contribution in [0, 0.1) is 0 Å². The maximum atomic E-state index is 12.4. The summed E-state index contributed by atoms with van der Waals surface area (Å²) in [6.45, 7) is 1.82. The number of benzene rings is 1. The average Bonchev–Trinajstić information content (AvgIpc) is 3.07. The first-order valence-corrected chi connectivity index (χ1v) is 8.20. The Balaban J connectivity index is 2.14. The first kappa shape index (κ1) is 16.4. The third-order valence-electron chi connectivity index (χ3n) is 3.95. The Bertz CT molecular complexity index is 770. The lowest BCUT2D eigenvalue weighted by molar-refractivity contribution is -0.136. The number of nitrogens with zero attached hydrogens (tertiary/aromatic N) is 2. The second kappa shape index (κ2) is 6.60. The third kappa shape index (κ3) is 2.65. The number of methoxy groups -OCH3 is 3. The van der Waals surface area contributed by atoms with Gasteiger partial charge in [0.15, 0.2) is 16.7 Å². The topological polar surface area (TPSA) is 60.4 Å². The minimum Gasteiger partial charge on any atom is -0.493 e. The van der Waals surface area contributed by atoms with Gasteiger partial charge in [-0.15, -0.1) is 0 Å². The fourth-order valence-electron chi connectivity index (χ4n) is 2.82. The quantitative estimate of drug-likeness (QED) is 0.781. The summed E-state index contributed by atoms with van der Waals surface area (Å²) >= 11 is 1.52. The number of carbonyl (C=O) groups is 1. The van der Waals surface area contributed by atoms with Crippen LogP contribution in [0.1, 0.15) is 18.5 Å². The van der Waals surface area contributed by atoms with Gasteiger partial charge in [-0.25, -0.2) is 9.79 Å². The number of amidine groups is 1. The normalized spacial score (nSPS) is 19.1. The molecule has 0 unspecified atom stereocenters. The summed E-state index contributed by atoms with van der Waals surface area (Å²) in [5.41, 5.74) is 2.07. The van der Waals surface area contributed by atoms with Crippen molar-refractivity contribution in [2.24, 2.45) is 4.99 Å². The predicted molar refractivity (Wildman–Crippen MR) is 93.0 cm³/mol. The number of esters is 1. The Hall–Kier alpha value is -2.41. The van der Waals surface area contributed by atoms with E-state index < -0.39 is 0 Å². The first-order valence-electron chi connectivity index (χ1n) is 7.32. The standard InChI is InChI=1S/C17H18N2O4S/c1-10-14(16(20)23-4)15(19-7-8-24-17(19)18-10)11-5-6-12(21-2)13(9-11)22-3/h5-9,15H,1-4H3/t15-/m0/s1. The molecule has 2 aliphatic heterocycles. The summed E-state index contributed by atoms with van der Waals surface area (Å²) < 4.78 is 15.7. The first-order chi connectivity index (χ1) is 11.6. The fourth-order valence-corrected chi connectivity index (χ4v) is 3.61. The van der Waals surface area contributed by atoms with Crippen LogP contribution in [-0.2, 0) is 9.53 Å². The molecule has 2 aliphatic rings. The van der Waals surface area contributed by atoms with Crippen molar-refractivity contribution in [1.82, 2.24) is 4.90 Å². The van der Waals surface area contributed by atoms with Crippen molar-refractivity contribution in [1.29, 1.82) is 0 Å². The molecule has 0 N–H and O–H groups in total. The van der Waals surface area contributed by atoms with Crippen molar-refractivity contribution < 1.29 is 19.0 Å². The molecule has 1 aromatic carbocycles. The SMILES string of the molecule is COC(=O)C1=C(C)N=C2SC=CN2[C@H]1c1ccc(OC)c(OC)c1. The molecule has 0 aromatic heterocycles. The minimum atomic E-state index is -0.389. The second-order valence-corrected chi connectivity index (χ2v) is 6.09. The number of fused-ring (bicyclic) bond motifs is 1.